The third kappa shape index (κ3) is 5.16. The lowest BCUT2D eigenvalue weighted by Crippen LogP contribution is -2.30. The molecule has 0 saturated carbocycles. The van der Waals surface area contributed by atoms with E-state index >= 15 is 0 Å². The fourth-order valence-corrected chi connectivity index (χ4v) is 5.15. The molecular weight excluding hydrogens is 426 g/mol. The van der Waals surface area contributed by atoms with Crippen LogP contribution in [-0.4, -0.2) is 46.3 Å². The Kier molecular flexibility index (Phi) is 7.63. The molecule has 2 heterocycles. The van der Waals surface area contributed by atoms with Gasteiger partial charge in [0.05, 0.1) is 15.9 Å². The SMILES string of the molecule is CCCn1c(CCC(=O)Nc2ccc(C)cn2)nc2cc(S(=O)(=O)N(CC)CC)ccc21. The summed E-state index contributed by atoms with van der Waals surface area (Å²) in [6.07, 6.45) is 3.31. The van der Waals surface area contributed by atoms with Gasteiger partial charge >= 0.3 is 0 Å². The van der Waals surface area contributed by atoms with Gasteiger partial charge in [0.15, 0.2) is 0 Å². The predicted octanol–water partition coefficient (Wildman–Crippen LogP) is 3.75. The van der Waals surface area contributed by atoms with Crippen LogP contribution < -0.4 is 5.32 Å². The molecule has 0 atom stereocenters. The zero-order valence-electron chi connectivity index (χ0n) is 19.1. The van der Waals surface area contributed by atoms with Crippen LogP contribution in [0, 0.1) is 6.92 Å². The van der Waals surface area contributed by atoms with Crippen LogP contribution in [0.4, 0.5) is 5.82 Å². The van der Waals surface area contributed by atoms with Crippen molar-refractivity contribution in [2.24, 2.45) is 0 Å². The van der Waals surface area contributed by atoms with Crippen molar-refractivity contribution in [1.29, 1.82) is 0 Å². The number of fused-ring (bicyclic) bond motifs is 1. The number of aromatic nitrogens is 3. The Morgan fingerprint density at radius 2 is 1.88 bits per heavy atom. The summed E-state index contributed by atoms with van der Waals surface area (Å²) in [7, 11) is -3.56. The van der Waals surface area contributed by atoms with E-state index in [-0.39, 0.29) is 17.2 Å². The summed E-state index contributed by atoms with van der Waals surface area (Å²) in [4.78, 5) is 21.5. The lowest BCUT2D eigenvalue weighted by atomic mass is 10.2. The zero-order valence-corrected chi connectivity index (χ0v) is 19.9. The molecule has 0 aliphatic heterocycles. The van der Waals surface area contributed by atoms with Gasteiger partial charge in [-0.1, -0.05) is 26.8 Å². The fraction of sp³-hybridized carbons (Fsp3) is 0.435. The van der Waals surface area contributed by atoms with Crippen molar-refractivity contribution in [2.75, 3.05) is 18.4 Å². The van der Waals surface area contributed by atoms with Gasteiger partial charge in [0.1, 0.15) is 11.6 Å². The number of nitrogens with one attached hydrogen (secondary N) is 1. The van der Waals surface area contributed by atoms with E-state index in [0.29, 0.717) is 30.8 Å². The van der Waals surface area contributed by atoms with Gasteiger partial charge in [-0.05, 0) is 43.2 Å². The molecular formula is C23H31N5O3S. The van der Waals surface area contributed by atoms with Crippen LogP contribution in [0.3, 0.4) is 0 Å². The van der Waals surface area contributed by atoms with Crippen molar-refractivity contribution in [2.45, 2.75) is 58.4 Å². The molecule has 0 radical (unpaired) electrons. The monoisotopic (exact) mass is 457 g/mol. The summed E-state index contributed by atoms with van der Waals surface area (Å²) in [5.74, 6) is 1.15. The number of carbonyl (C=O) groups excluding carboxylic acids is 1. The molecule has 0 fully saturated rings. The highest BCUT2D eigenvalue weighted by molar-refractivity contribution is 7.89. The lowest BCUT2D eigenvalue weighted by molar-refractivity contribution is -0.116. The third-order valence-electron chi connectivity index (χ3n) is 5.34. The summed E-state index contributed by atoms with van der Waals surface area (Å²) in [6, 6.07) is 8.76. The molecule has 172 valence electrons. The molecule has 9 heteroatoms. The molecule has 0 aliphatic carbocycles. The molecule has 1 amide bonds. The van der Waals surface area contributed by atoms with Gasteiger partial charge in [0.25, 0.3) is 0 Å². The van der Waals surface area contributed by atoms with Crippen molar-refractivity contribution in [3.63, 3.8) is 0 Å². The molecule has 0 spiro atoms. The number of aryl methyl sites for hydroxylation is 3. The van der Waals surface area contributed by atoms with Gasteiger partial charge in [-0.25, -0.2) is 18.4 Å². The Morgan fingerprint density at radius 3 is 2.50 bits per heavy atom. The molecule has 1 N–H and O–H groups in total. The number of hydrogen-bond acceptors (Lipinski definition) is 5. The van der Waals surface area contributed by atoms with Crippen molar-refractivity contribution < 1.29 is 13.2 Å². The maximum Gasteiger partial charge on any atom is 0.243 e. The Hall–Kier alpha value is -2.78. The summed E-state index contributed by atoms with van der Waals surface area (Å²) in [6.45, 7) is 9.24. The van der Waals surface area contributed by atoms with E-state index < -0.39 is 10.0 Å². The number of hydrogen-bond donors (Lipinski definition) is 1. The van der Waals surface area contributed by atoms with Crippen LogP contribution >= 0.6 is 0 Å². The summed E-state index contributed by atoms with van der Waals surface area (Å²) >= 11 is 0. The van der Waals surface area contributed by atoms with Gasteiger partial charge < -0.3 is 9.88 Å². The number of anilines is 1. The van der Waals surface area contributed by atoms with Gasteiger partial charge in [0, 0.05) is 38.7 Å². The minimum Gasteiger partial charge on any atom is -0.328 e. The highest BCUT2D eigenvalue weighted by Gasteiger charge is 2.23. The Labute approximate surface area is 189 Å². The number of rotatable bonds is 10. The highest BCUT2D eigenvalue weighted by atomic mass is 32.2. The topological polar surface area (TPSA) is 97.2 Å². The second kappa shape index (κ2) is 10.2. The summed E-state index contributed by atoms with van der Waals surface area (Å²) < 4.78 is 29.3. The molecule has 1 aromatic carbocycles. The molecule has 0 saturated heterocycles. The average molecular weight is 458 g/mol. The normalized spacial score (nSPS) is 11.9. The first kappa shape index (κ1) is 23.9. The maximum absolute atomic E-state index is 12.9. The second-order valence-corrected chi connectivity index (χ2v) is 9.63. The third-order valence-corrected chi connectivity index (χ3v) is 7.39. The largest absolute Gasteiger partial charge is 0.328 e. The highest BCUT2D eigenvalue weighted by Crippen LogP contribution is 2.24. The van der Waals surface area contributed by atoms with E-state index in [4.69, 9.17) is 4.98 Å². The van der Waals surface area contributed by atoms with Crippen LogP contribution in [-0.2, 0) is 27.8 Å². The van der Waals surface area contributed by atoms with E-state index in [0.717, 1.165) is 29.9 Å². The van der Waals surface area contributed by atoms with Crippen LogP contribution in [0.25, 0.3) is 11.0 Å². The average Bonchev–Trinajstić information content (AvgIpc) is 3.11. The first-order valence-electron chi connectivity index (χ1n) is 11.0. The van der Waals surface area contributed by atoms with E-state index in [2.05, 4.69) is 21.8 Å². The zero-order chi connectivity index (χ0) is 23.3. The lowest BCUT2D eigenvalue weighted by Gasteiger charge is -2.18. The number of imidazole rings is 1. The molecule has 32 heavy (non-hydrogen) atoms. The fourth-order valence-electron chi connectivity index (χ4n) is 3.67. The molecule has 0 aliphatic rings. The number of nitrogens with zero attached hydrogens (tertiary/aromatic N) is 4. The molecule has 3 rings (SSSR count). The summed E-state index contributed by atoms with van der Waals surface area (Å²) in [5.41, 5.74) is 2.53. The van der Waals surface area contributed by atoms with E-state index in [1.54, 1.807) is 24.4 Å². The smallest absolute Gasteiger partial charge is 0.243 e. The van der Waals surface area contributed by atoms with Gasteiger partial charge in [-0.15, -0.1) is 0 Å². The van der Waals surface area contributed by atoms with Crippen LogP contribution in [0.2, 0.25) is 0 Å². The number of carbonyl (C=O) groups is 1. The first-order valence-corrected chi connectivity index (χ1v) is 12.5. The van der Waals surface area contributed by atoms with Gasteiger partial charge in [-0.2, -0.15) is 4.31 Å². The van der Waals surface area contributed by atoms with E-state index in [1.165, 1.54) is 4.31 Å². The molecule has 2 aromatic heterocycles. The van der Waals surface area contributed by atoms with Crippen molar-refractivity contribution in [1.82, 2.24) is 18.8 Å². The van der Waals surface area contributed by atoms with Crippen molar-refractivity contribution in [3.05, 3.63) is 47.9 Å². The Morgan fingerprint density at radius 1 is 1.12 bits per heavy atom. The predicted molar refractivity (Wildman–Crippen MR) is 126 cm³/mol. The molecule has 8 nitrogen and oxygen atoms in total. The number of amides is 1. The van der Waals surface area contributed by atoms with Crippen LogP contribution in [0.1, 0.15) is 45.0 Å². The van der Waals surface area contributed by atoms with Gasteiger partial charge in [0.2, 0.25) is 15.9 Å². The minimum atomic E-state index is -3.56. The molecule has 0 bridgehead atoms. The van der Waals surface area contributed by atoms with Crippen LogP contribution in [0.15, 0.2) is 41.4 Å². The van der Waals surface area contributed by atoms with Gasteiger partial charge in [-0.3, -0.25) is 4.79 Å². The van der Waals surface area contributed by atoms with Crippen molar-refractivity contribution in [3.8, 4) is 0 Å². The number of sulfonamides is 1. The minimum absolute atomic E-state index is 0.138. The number of benzene rings is 1. The Bertz CT molecular complexity index is 1180. The molecule has 0 unspecified atom stereocenters. The first-order chi connectivity index (χ1) is 15.3. The summed E-state index contributed by atoms with van der Waals surface area (Å²) in [5, 5.41) is 2.81. The van der Waals surface area contributed by atoms with E-state index in [9.17, 15) is 13.2 Å². The van der Waals surface area contributed by atoms with Crippen LogP contribution in [0.5, 0.6) is 0 Å². The Balaban J connectivity index is 1.83. The quantitative estimate of drug-likeness (QED) is 0.500. The second-order valence-electron chi connectivity index (χ2n) is 7.69. The maximum atomic E-state index is 12.9. The van der Waals surface area contributed by atoms with E-state index in [1.807, 2.05) is 32.9 Å². The molecule has 3 aromatic rings. The van der Waals surface area contributed by atoms with Crippen molar-refractivity contribution >= 4 is 32.8 Å². The standard InChI is InChI=1S/C23H31N5O3S/c1-5-14-28-20-10-9-18(32(30,31)27(6-2)7-3)15-19(20)25-22(28)12-13-23(29)26-21-11-8-17(4)16-24-21/h8-11,15-16H,5-7,12-14H2,1-4H3,(H,24,26,29). The number of pyridine rings is 1.